The number of halogens is 3. The third kappa shape index (κ3) is 5.10. The number of H-pyrrole nitrogens is 1. The Bertz CT molecular complexity index is 1140. The zero-order chi connectivity index (χ0) is 21.7. The first-order valence-corrected chi connectivity index (χ1v) is 8.60. The van der Waals surface area contributed by atoms with E-state index < -0.39 is 12.1 Å². The molecule has 0 spiro atoms. The van der Waals surface area contributed by atoms with Crippen LogP contribution in [0.5, 0.6) is 0 Å². The number of rotatable bonds is 3. The molecule has 0 saturated heterocycles. The van der Waals surface area contributed by atoms with E-state index in [0.29, 0.717) is 0 Å². The van der Waals surface area contributed by atoms with Crippen LogP contribution in [0.3, 0.4) is 0 Å². The van der Waals surface area contributed by atoms with Gasteiger partial charge in [-0.1, -0.05) is 30.3 Å². The summed E-state index contributed by atoms with van der Waals surface area (Å²) >= 11 is 0. The standard InChI is InChI=1S/C18H15N5.C2HF3O2/c1-23-12-15(10-21-23)14-7-8-19-16(9-14)18-20-11-17(22-18)13-5-3-2-4-6-13;3-2(4,5)1(6)7/h2-12H,1H3,(H,20,22);(H,6,7). The Balaban J connectivity index is 0.000000318. The minimum Gasteiger partial charge on any atom is -0.475 e. The fraction of sp³-hybridized carbons (Fsp3) is 0.100. The predicted molar refractivity (Wildman–Crippen MR) is 103 cm³/mol. The smallest absolute Gasteiger partial charge is 0.475 e. The number of nitrogens with zero attached hydrogens (tertiary/aromatic N) is 4. The van der Waals surface area contributed by atoms with Crippen molar-refractivity contribution in [2.75, 3.05) is 0 Å². The molecule has 0 radical (unpaired) electrons. The fourth-order valence-electron chi connectivity index (χ4n) is 2.53. The van der Waals surface area contributed by atoms with Gasteiger partial charge in [-0.2, -0.15) is 18.3 Å². The molecule has 0 bridgehead atoms. The van der Waals surface area contributed by atoms with Gasteiger partial charge in [0.2, 0.25) is 0 Å². The Labute approximate surface area is 168 Å². The molecule has 0 aliphatic carbocycles. The van der Waals surface area contributed by atoms with Crippen molar-refractivity contribution in [2.24, 2.45) is 7.05 Å². The predicted octanol–water partition coefficient (Wildman–Crippen LogP) is 4.17. The molecule has 4 rings (SSSR count). The number of pyridine rings is 1. The van der Waals surface area contributed by atoms with Crippen molar-refractivity contribution in [1.82, 2.24) is 24.7 Å². The molecule has 3 heterocycles. The van der Waals surface area contributed by atoms with Crippen LogP contribution in [0.1, 0.15) is 0 Å². The van der Waals surface area contributed by atoms with E-state index >= 15 is 0 Å². The van der Waals surface area contributed by atoms with Gasteiger partial charge in [0.1, 0.15) is 5.69 Å². The molecule has 3 aromatic heterocycles. The van der Waals surface area contributed by atoms with Gasteiger partial charge in [0, 0.05) is 25.0 Å². The first-order chi connectivity index (χ1) is 14.2. The maximum Gasteiger partial charge on any atom is 0.490 e. The van der Waals surface area contributed by atoms with E-state index in [0.717, 1.165) is 33.9 Å². The number of alkyl halides is 3. The monoisotopic (exact) mass is 415 g/mol. The van der Waals surface area contributed by atoms with Crippen LogP contribution in [-0.2, 0) is 11.8 Å². The molecule has 0 saturated carbocycles. The molecule has 4 aromatic rings. The lowest BCUT2D eigenvalue weighted by molar-refractivity contribution is -0.192. The molecule has 7 nitrogen and oxygen atoms in total. The quantitative estimate of drug-likeness (QED) is 0.523. The number of carboxylic acids is 1. The molecule has 0 aliphatic rings. The zero-order valence-electron chi connectivity index (χ0n) is 15.6. The largest absolute Gasteiger partial charge is 0.490 e. The zero-order valence-corrected chi connectivity index (χ0v) is 15.6. The topological polar surface area (TPSA) is 96.7 Å². The third-order valence-corrected chi connectivity index (χ3v) is 3.94. The molecule has 1 aromatic carbocycles. The van der Waals surface area contributed by atoms with Crippen molar-refractivity contribution in [3.63, 3.8) is 0 Å². The molecule has 0 fully saturated rings. The van der Waals surface area contributed by atoms with Crippen LogP contribution in [0.2, 0.25) is 0 Å². The number of hydrogen-bond donors (Lipinski definition) is 2. The Morgan fingerprint density at radius 1 is 1.03 bits per heavy atom. The third-order valence-electron chi connectivity index (χ3n) is 3.94. The van der Waals surface area contributed by atoms with Gasteiger partial charge >= 0.3 is 12.1 Å². The molecule has 0 aliphatic heterocycles. The van der Waals surface area contributed by atoms with Crippen molar-refractivity contribution in [3.8, 4) is 33.9 Å². The van der Waals surface area contributed by atoms with Gasteiger partial charge in [-0.25, -0.2) is 9.78 Å². The molecule has 2 N–H and O–H groups in total. The summed E-state index contributed by atoms with van der Waals surface area (Å²) < 4.78 is 33.5. The summed E-state index contributed by atoms with van der Waals surface area (Å²) in [7, 11) is 1.91. The Morgan fingerprint density at radius 2 is 1.73 bits per heavy atom. The van der Waals surface area contributed by atoms with Gasteiger partial charge in [0.25, 0.3) is 0 Å². The molecule has 154 valence electrons. The summed E-state index contributed by atoms with van der Waals surface area (Å²) in [5.74, 6) is -2.00. The number of carbonyl (C=O) groups is 1. The van der Waals surface area contributed by atoms with Crippen LogP contribution < -0.4 is 0 Å². The van der Waals surface area contributed by atoms with Crippen LogP contribution in [-0.4, -0.2) is 42.0 Å². The minimum absolute atomic E-state index is 0.759. The second kappa shape index (κ2) is 8.60. The number of aromatic amines is 1. The highest BCUT2D eigenvalue weighted by atomic mass is 19.4. The molecule has 0 amide bonds. The lowest BCUT2D eigenvalue weighted by Gasteiger charge is -2.01. The van der Waals surface area contributed by atoms with Gasteiger partial charge in [0.15, 0.2) is 5.82 Å². The lowest BCUT2D eigenvalue weighted by atomic mass is 10.1. The molecule has 10 heteroatoms. The number of nitrogens with one attached hydrogen (secondary N) is 1. The minimum atomic E-state index is -5.08. The highest BCUT2D eigenvalue weighted by molar-refractivity contribution is 5.73. The van der Waals surface area contributed by atoms with E-state index in [1.165, 1.54) is 0 Å². The number of benzene rings is 1. The van der Waals surface area contributed by atoms with Crippen molar-refractivity contribution in [3.05, 3.63) is 67.3 Å². The average molecular weight is 415 g/mol. The maximum atomic E-state index is 10.6. The van der Waals surface area contributed by atoms with Gasteiger partial charge in [-0.3, -0.25) is 9.67 Å². The Morgan fingerprint density at radius 3 is 2.33 bits per heavy atom. The van der Waals surface area contributed by atoms with Gasteiger partial charge in [0.05, 0.1) is 18.1 Å². The second-order valence-corrected chi connectivity index (χ2v) is 6.15. The average Bonchev–Trinajstić information content (AvgIpc) is 3.38. The van der Waals surface area contributed by atoms with E-state index in [1.54, 1.807) is 10.9 Å². The maximum absolute atomic E-state index is 10.6. The lowest BCUT2D eigenvalue weighted by Crippen LogP contribution is -2.21. The normalized spacial score (nSPS) is 10.9. The summed E-state index contributed by atoms with van der Waals surface area (Å²) in [5, 5.41) is 11.3. The molecule has 0 atom stereocenters. The van der Waals surface area contributed by atoms with E-state index in [-0.39, 0.29) is 0 Å². The molecule has 0 unspecified atom stereocenters. The van der Waals surface area contributed by atoms with Crippen molar-refractivity contribution >= 4 is 5.97 Å². The summed E-state index contributed by atoms with van der Waals surface area (Å²) in [6.07, 6.45) is 2.37. The van der Waals surface area contributed by atoms with E-state index in [4.69, 9.17) is 9.90 Å². The van der Waals surface area contributed by atoms with Crippen molar-refractivity contribution in [2.45, 2.75) is 6.18 Å². The van der Waals surface area contributed by atoms with Crippen LogP contribution >= 0.6 is 0 Å². The Hall–Kier alpha value is -3.95. The van der Waals surface area contributed by atoms with Crippen LogP contribution in [0.15, 0.2) is 67.3 Å². The summed E-state index contributed by atoms with van der Waals surface area (Å²) in [5.41, 5.74) is 5.03. The SMILES string of the molecule is Cn1cc(-c2ccnc(-c3ncc(-c4ccccc4)[nH]3)c2)cn1.O=C(O)C(F)(F)F. The summed E-state index contributed by atoms with van der Waals surface area (Å²) in [6, 6.07) is 14.1. The van der Waals surface area contributed by atoms with E-state index in [1.807, 2.05) is 56.0 Å². The highest BCUT2D eigenvalue weighted by Crippen LogP contribution is 2.24. The van der Waals surface area contributed by atoms with Crippen LogP contribution in [0.4, 0.5) is 13.2 Å². The second-order valence-electron chi connectivity index (χ2n) is 6.15. The van der Waals surface area contributed by atoms with Crippen molar-refractivity contribution in [1.29, 1.82) is 0 Å². The van der Waals surface area contributed by atoms with Crippen molar-refractivity contribution < 1.29 is 23.1 Å². The van der Waals surface area contributed by atoms with Gasteiger partial charge in [-0.15, -0.1) is 0 Å². The first-order valence-electron chi connectivity index (χ1n) is 8.60. The van der Waals surface area contributed by atoms with E-state index in [2.05, 4.69) is 32.2 Å². The summed E-state index contributed by atoms with van der Waals surface area (Å²) in [6.45, 7) is 0. The number of aliphatic carboxylic acids is 1. The molecular formula is C20H16F3N5O2. The van der Waals surface area contributed by atoms with Crippen LogP contribution in [0.25, 0.3) is 33.9 Å². The van der Waals surface area contributed by atoms with Gasteiger partial charge < -0.3 is 10.1 Å². The van der Waals surface area contributed by atoms with E-state index in [9.17, 15) is 13.2 Å². The first kappa shape index (κ1) is 20.8. The number of hydrogen-bond acceptors (Lipinski definition) is 4. The number of carboxylic acid groups (broad SMARTS) is 1. The van der Waals surface area contributed by atoms with Crippen LogP contribution in [0, 0.1) is 0 Å². The Kier molecular flexibility index (Phi) is 5.95. The van der Waals surface area contributed by atoms with Gasteiger partial charge in [-0.05, 0) is 23.3 Å². The highest BCUT2D eigenvalue weighted by Gasteiger charge is 2.38. The number of aromatic nitrogens is 5. The number of imidazole rings is 1. The molecule has 30 heavy (non-hydrogen) atoms. The fourth-order valence-corrected chi connectivity index (χ4v) is 2.53. The molecular weight excluding hydrogens is 399 g/mol. The summed E-state index contributed by atoms with van der Waals surface area (Å²) in [4.78, 5) is 21.1. The number of aryl methyl sites for hydroxylation is 1.